The second-order valence-electron chi connectivity index (χ2n) is 6.44. The number of aliphatic imine (C=N–C) groups is 2. The smallest absolute Gasteiger partial charge is 0.153 e. The van der Waals surface area contributed by atoms with Crippen molar-refractivity contribution in [3.63, 3.8) is 0 Å². The molecule has 0 aromatic heterocycles. The van der Waals surface area contributed by atoms with Gasteiger partial charge in [-0.25, -0.2) is 0 Å². The van der Waals surface area contributed by atoms with Crippen LogP contribution < -0.4 is 0 Å². The maximum Gasteiger partial charge on any atom is 0.153 e. The molecule has 2 aromatic carbocycles. The first kappa shape index (κ1) is 20.0. The Bertz CT molecular complexity index is 917. The zero-order valence-electron chi connectivity index (χ0n) is 15.5. The molecule has 0 heterocycles. The predicted octanol–water partition coefficient (Wildman–Crippen LogP) is 3.27. The van der Waals surface area contributed by atoms with Crippen LogP contribution in [0.25, 0.3) is 0 Å². The van der Waals surface area contributed by atoms with Crippen LogP contribution in [0.3, 0.4) is 0 Å². The topological polar surface area (TPSA) is 99.3 Å². The minimum atomic E-state index is -0.182. The highest BCUT2D eigenvalue weighted by Crippen LogP contribution is 2.22. The Balaban J connectivity index is 2.10. The number of hydrogen-bond acceptors (Lipinski definition) is 6. The van der Waals surface area contributed by atoms with Gasteiger partial charge in [0, 0.05) is 23.6 Å². The van der Waals surface area contributed by atoms with Crippen molar-refractivity contribution in [2.45, 2.75) is 26.8 Å². The summed E-state index contributed by atoms with van der Waals surface area (Å²) in [5, 5.41) is 20.1. The Kier molecular flexibility index (Phi) is 6.60. The first-order valence-corrected chi connectivity index (χ1v) is 8.46. The lowest BCUT2D eigenvalue weighted by atomic mass is 10.1. The summed E-state index contributed by atoms with van der Waals surface area (Å²) in [4.78, 5) is 30.6. The third-order valence-corrected chi connectivity index (χ3v) is 3.95. The molecule has 0 fully saturated rings. The van der Waals surface area contributed by atoms with E-state index in [1.165, 1.54) is 12.4 Å². The second kappa shape index (κ2) is 8.89. The number of carbonyl (C=O) groups is 2. The fraction of sp³-hybridized carbons (Fsp3) is 0.238. The van der Waals surface area contributed by atoms with Crippen molar-refractivity contribution < 1.29 is 19.8 Å². The van der Waals surface area contributed by atoms with Crippen molar-refractivity contribution in [2.75, 3.05) is 6.54 Å². The quantitative estimate of drug-likeness (QED) is 0.580. The van der Waals surface area contributed by atoms with Crippen molar-refractivity contribution in [1.29, 1.82) is 0 Å². The number of rotatable bonds is 7. The Morgan fingerprint density at radius 1 is 0.852 bits per heavy atom. The largest absolute Gasteiger partial charge is 0.507 e. The van der Waals surface area contributed by atoms with E-state index in [0.717, 1.165) is 11.1 Å². The molecule has 0 saturated carbocycles. The molecule has 140 valence electrons. The molecular weight excluding hydrogens is 344 g/mol. The lowest BCUT2D eigenvalue weighted by Gasteiger charge is -2.06. The molecule has 0 spiro atoms. The van der Waals surface area contributed by atoms with Crippen molar-refractivity contribution in [3.05, 3.63) is 57.6 Å². The number of phenols is 2. The van der Waals surface area contributed by atoms with Crippen molar-refractivity contribution in [3.8, 4) is 11.5 Å². The second-order valence-corrected chi connectivity index (χ2v) is 6.44. The first-order valence-electron chi connectivity index (χ1n) is 8.46. The van der Waals surface area contributed by atoms with Gasteiger partial charge in [0.05, 0.1) is 23.7 Å². The van der Waals surface area contributed by atoms with Gasteiger partial charge in [-0.15, -0.1) is 0 Å². The third-order valence-electron chi connectivity index (χ3n) is 3.95. The number of nitrogens with zero attached hydrogens (tertiary/aromatic N) is 2. The van der Waals surface area contributed by atoms with Gasteiger partial charge >= 0.3 is 0 Å². The van der Waals surface area contributed by atoms with E-state index in [1.54, 1.807) is 24.3 Å². The molecule has 1 atom stereocenters. The molecular formula is C21H22N2O4. The normalized spacial score (nSPS) is 12.6. The van der Waals surface area contributed by atoms with Gasteiger partial charge in [0.25, 0.3) is 0 Å². The van der Waals surface area contributed by atoms with Gasteiger partial charge in [0.1, 0.15) is 11.5 Å². The van der Waals surface area contributed by atoms with E-state index in [1.807, 2.05) is 20.8 Å². The SMILES string of the molecule is Cc1cc(C=O)c(O)c(C=NCC(C)N=Cc2cc(C)cc(C=O)c2O)c1. The number of aromatic hydroxyl groups is 2. The average Bonchev–Trinajstić information content (AvgIpc) is 2.64. The molecule has 27 heavy (non-hydrogen) atoms. The zero-order chi connectivity index (χ0) is 20.0. The van der Waals surface area contributed by atoms with E-state index >= 15 is 0 Å². The molecule has 2 rings (SSSR count). The van der Waals surface area contributed by atoms with E-state index < -0.39 is 0 Å². The highest BCUT2D eigenvalue weighted by Gasteiger charge is 2.08. The van der Waals surface area contributed by atoms with Gasteiger partial charge in [0.2, 0.25) is 0 Å². The van der Waals surface area contributed by atoms with Crippen LogP contribution in [-0.2, 0) is 0 Å². The average molecular weight is 366 g/mol. The van der Waals surface area contributed by atoms with Gasteiger partial charge in [0.15, 0.2) is 12.6 Å². The van der Waals surface area contributed by atoms with Crippen LogP contribution in [0.4, 0.5) is 0 Å². The number of carbonyl (C=O) groups excluding carboxylic acids is 2. The molecule has 2 aromatic rings. The van der Waals surface area contributed by atoms with Crippen LogP contribution in [-0.4, -0.2) is 47.8 Å². The molecule has 0 amide bonds. The lowest BCUT2D eigenvalue weighted by Crippen LogP contribution is -2.04. The molecule has 0 aliphatic rings. The molecule has 1 unspecified atom stereocenters. The summed E-state index contributed by atoms with van der Waals surface area (Å²) in [5.41, 5.74) is 3.10. The van der Waals surface area contributed by atoms with Crippen molar-refractivity contribution >= 4 is 25.0 Å². The van der Waals surface area contributed by atoms with E-state index in [9.17, 15) is 19.8 Å². The van der Waals surface area contributed by atoms with Crippen molar-refractivity contribution in [2.24, 2.45) is 9.98 Å². The Morgan fingerprint density at radius 3 is 1.78 bits per heavy atom. The van der Waals surface area contributed by atoms with E-state index in [2.05, 4.69) is 9.98 Å². The summed E-state index contributed by atoms with van der Waals surface area (Å²) in [6.45, 7) is 5.87. The summed E-state index contributed by atoms with van der Waals surface area (Å²) in [6.07, 6.45) is 4.24. The fourth-order valence-corrected chi connectivity index (χ4v) is 2.61. The molecule has 0 saturated heterocycles. The van der Waals surface area contributed by atoms with E-state index in [0.29, 0.717) is 30.2 Å². The molecule has 0 aliphatic heterocycles. The van der Waals surface area contributed by atoms with E-state index in [-0.39, 0.29) is 28.7 Å². The molecule has 0 radical (unpaired) electrons. The Morgan fingerprint density at radius 2 is 1.30 bits per heavy atom. The number of aldehydes is 2. The van der Waals surface area contributed by atoms with Crippen molar-refractivity contribution in [1.82, 2.24) is 0 Å². The summed E-state index contributed by atoms with van der Waals surface area (Å²) in [5.74, 6) is -0.192. The van der Waals surface area contributed by atoms with Crippen LogP contribution in [0.5, 0.6) is 11.5 Å². The molecule has 0 bridgehead atoms. The molecule has 2 N–H and O–H groups in total. The third kappa shape index (κ3) is 5.10. The lowest BCUT2D eigenvalue weighted by molar-refractivity contribution is 0.111. The highest BCUT2D eigenvalue weighted by molar-refractivity contribution is 5.91. The predicted molar refractivity (Wildman–Crippen MR) is 106 cm³/mol. The maximum absolute atomic E-state index is 11.0. The van der Waals surface area contributed by atoms with Gasteiger partial charge < -0.3 is 10.2 Å². The zero-order valence-corrected chi connectivity index (χ0v) is 15.5. The number of benzene rings is 2. The standard InChI is InChI=1S/C21H22N2O4/c1-13-4-16(20(26)18(6-13)11-24)9-22-8-15(3)23-10-17-5-14(2)7-19(12-25)21(17)27/h4-7,9-12,15,26-27H,8H2,1-3H3. The van der Waals surface area contributed by atoms with Gasteiger partial charge in [-0.2, -0.15) is 0 Å². The fourth-order valence-electron chi connectivity index (χ4n) is 2.61. The van der Waals surface area contributed by atoms with Gasteiger partial charge in [-0.1, -0.05) is 0 Å². The highest BCUT2D eigenvalue weighted by atomic mass is 16.3. The van der Waals surface area contributed by atoms with Gasteiger partial charge in [-0.05, 0) is 56.2 Å². The van der Waals surface area contributed by atoms with Crippen LogP contribution in [0, 0.1) is 13.8 Å². The maximum atomic E-state index is 11.0. The van der Waals surface area contributed by atoms with E-state index in [4.69, 9.17) is 0 Å². The minimum Gasteiger partial charge on any atom is -0.507 e. The number of phenolic OH excluding ortho intramolecular Hbond substituents is 2. The number of aryl methyl sites for hydroxylation is 2. The van der Waals surface area contributed by atoms with Crippen LogP contribution in [0.2, 0.25) is 0 Å². The molecule has 6 heteroatoms. The Labute approximate surface area is 157 Å². The Hall–Kier alpha value is -3.28. The molecule has 0 aliphatic carbocycles. The summed E-state index contributed by atoms with van der Waals surface area (Å²) in [7, 11) is 0. The summed E-state index contributed by atoms with van der Waals surface area (Å²) < 4.78 is 0. The van der Waals surface area contributed by atoms with Crippen LogP contribution in [0.15, 0.2) is 34.3 Å². The monoisotopic (exact) mass is 366 g/mol. The van der Waals surface area contributed by atoms with Crippen LogP contribution in [0.1, 0.15) is 49.9 Å². The number of hydrogen-bond donors (Lipinski definition) is 2. The summed E-state index contributed by atoms with van der Waals surface area (Å²) >= 11 is 0. The molecule has 6 nitrogen and oxygen atoms in total. The minimum absolute atomic E-state index is 0.0958. The van der Waals surface area contributed by atoms with Gasteiger partial charge in [-0.3, -0.25) is 19.6 Å². The summed E-state index contributed by atoms with van der Waals surface area (Å²) in [6, 6.07) is 6.52. The first-order chi connectivity index (χ1) is 12.8. The van der Waals surface area contributed by atoms with Crippen LogP contribution >= 0.6 is 0 Å².